The van der Waals surface area contributed by atoms with Crippen LogP contribution in [0.15, 0.2) is 29.3 Å². The van der Waals surface area contributed by atoms with Gasteiger partial charge in [-0.3, -0.25) is 14.6 Å². The van der Waals surface area contributed by atoms with Crippen LogP contribution in [-0.2, 0) is 13.5 Å². The zero-order chi connectivity index (χ0) is 22.4. The lowest BCUT2D eigenvalue weighted by Crippen LogP contribution is -2.40. The van der Waals surface area contributed by atoms with Crippen LogP contribution < -0.4 is 10.6 Å². The Kier molecular flexibility index (Phi) is 10.8. The van der Waals surface area contributed by atoms with Gasteiger partial charge < -0.3 is 10.6 Å². The molecule has 1 aliphatic heterocycles. The summed E-state index contributed by atoms with van der Waals surface area (Å²) >= 11 is 6.29. The van der Waals surface area contributed by atoms with Crippen molar-refractivity contribution in [1.82, 2.24) is 25.3 Å². The van der Waals surface area contributed by atoms with Crippen LogP contribution in [0.4, 0.5) is 0 Å². The molecule has 6 nitrogen and oxygen atoms in total. The molecule has 0 spiro atoms. The molecule has 0 aliphatic carbocycles. The van der Waals surface area contributed by atoms with E-state index in [0.29, 0.717) is 12.0 Å². The summed E-state index contributed by atoms with van der Waals surface area (Å²) in [7, 11) is 4.21. The molecule has 2 unspecified atom stereocenters. The third-order valence-electron chi connectivity index (χ3n) is 6.35. The van der Waals surface area contributed by atoms with Crippen LogP contribution in [0.5, 0.6) is 0 Å². The van der Waals surface area contributed by atoms with Crippen LogP contribution in [0, 0.1) is 19.8 Å². The van der Waals surface area contributed by atoms with Gasteiger partial charge in [0, 0.05) is 43.4 Å². The highest BCUT2D eigenvalue weighted by molar-refractivity contribution is 14.0. The number of likely N-dealkylation sites (tertiary alicyclic amines) is 1. The van der Waals surface area contributed by atoms with Crippen molar-refractivity contribution in [2.24, 2.45) is 18.0 Å². The highest BCUT2D eigenvalue weighted by Gasteiger charge is 2.30. The molecule has 1 aromatic carbocycles. The van der Waals surface area contributed by atoms with Gasteiger partial charge in [0.15, 0.2) is 5.96 Å². The summed E-state index contributed by atoms with van der Waals surface area (Å²) in [6.07, 6.45) is 3.32. The van der Waals surface area contributed by atoms with Gasteiger partial charge in [-0.25, -0.2) is 0 Å². The summed E-state index contributed by atoms with van der Waals surface area (Å²) < 4.78 is 1.96. The SMILES string of the molecule is CCNC(=NCC1CCCN(C)C1c1cccc(Cl)c1)NCCc1c(C)nn(C)c1C.I. The van der Waals surface area contributed by atoms with Crippen LogP contribution in [0.3, 0.4) is 0 Å². The van der Waals surface area contributed by atoms with E-state index in [1.54, 1.807) is 0 Å². The lowest BCUT2D eigenvalue weighted by atomic mass is 9.85. The Morgan fingerprint density at radius 1 is 1.25 bits per heavy atom. The fraction of sp³-hybridized carbons (Fsp3) is 0.583. The van der Waals surface area contributed by atoms with Crippen molar-refractivity contribution in [3.05, 3.63) is 51.8 Å². The van der Waals surface area contributed by atoms with Crippen LogP contribution in [0.1, 0.15) is 48.3 Å². The van der Waals surface area contributed by atoms with Crippen molar-refractivity contribution >= 4 is 41.5 Å². The molecule has 3 rings (SSSR count). The quantitative estimate of drug-likeness (QED) is 0.292. The molecule has 0 saturated carbocycles. The van der Waals surface area contributed by atoms with Crippen molar-refractivity contribution in [3.8, 4) is 0 Å². The van der Waals surface area contributed by atoms with Gasteiger partial charge in [0.2, 0.25) is 0 Å². The van der Waals surface area contributed by atoms with Gasteiger partial charge in [0.1, 0.15) is 0 Å². The second kappa shape index (κ2) is 12.8. The minimum atomic E-state index is 0. The second-order valence-electron chi connectivity index (χ2n) is 8.55. The van der Waals surface area contributed by atoms with Gasteiger partial charge >= 0.3 is 0 Å². The van der Waals surface area contributed by atoms with Crippen LogP contribution in [0.25, 0.3) is 0 Å². The molecule has 1 aromatic heterocycles. The third kappa shape index (κ3) is 6.84. The van der Waals surface area contributed by atoms with E-state index < -0.39 is 0 Å². The van der Waals surface area contributed by atoms with Crippen LogP contribution >= 0.6 is 35.6 Å². The molecule has 178 valence electrons. The second-order valence-corrected chi connectivity index (χ2v) is 8.99. The number of piperidine rings is 1. The Morgan fingerprint density at radius 3 is 2.69 bits per heavy atom. The Balaban J connectivity index is 0.00000363. The number of aliphatic imine (C=N–C) groups is 1. The van der Waals surface area contributed by atoms with Crippen molar-refractivity contribution < 1.29 is 0 Å². The molecule has 1 saturated heterocycles. The molecule has 2 aromatic rings. The topological polar surface area (TPSA) is 57.5 Å². The first-order valence-corrected chi connectivity index (χ1v) is 11.8. The Hall–Kier alpha value is -1.32. The van der Waals surface area contributed by atoms with Crippen molar-refractivity contribution in [2.75, 3.05) is 33.2 Å². The molecule has 1 aliphatic rings. The van der Waals surface area contributed by atoms with Gasteiger partial charge in [-0.15, -0.1) is 24.0 Å². The fourth-order valence-corrected chi connectivity index (χ4v) is 4.90. The summed E-state index contributed by atoms with van der Waals surface area (Å²) in [4.78, 5) is 7.41. The van der Waals surface area contributed by atoms with Gasteiger partial charge in [-0.2, -0.15) is 5.10 Å². The van der Waals surface area contributed by atoms with E-state index in [-0.39, 0.29) is 24.0 Å². The molecule has 0 radical (unpaired) electrons. The number of benzene rings is 1. The van der Waals surface area contributed by atoms with E-state index in [0.717, 1.165) is 49.3 Å². The van der Waals surface area contributed by atoms with Gasteiger partial charge in [-0.05, 0) is 82.8 Å². The Morgan fingerprint density at radius 2 is 2.03 bits per heavy atom. The van der Waals surface area contributed by atoms with Gasteiger partial charge in [0.25, 0.3) is 0 Å². The molecule has 2 heterocycles. The van der Waals surface area contributed by atoms with Crippen molar-refractivity contribution in [2.45, 2.75) is 46.1 Å². The smallest absolute Gasteiger partial charge is 0.191 e. The molecule has 2 N–H and O–H groups in total. The largest absolute Gasteiger partial charge is 0.357 e. The minimum Gasteiger partial charge on any atom is -0.357 e. The number of rotatable bonds is 7. The average Bonchev–Trinajstić information content (AvgIpc) is 2.97. The summed E-state index contributed by atoms with van der Waals surface area (Å²) in [6, 6.07) is 8.64. The number of halogens is 2. The van der Waals surface area contributed by atoms with E-state index >= 15 is 0 Å². The highest BCUT2D eigenvalue weighted by Crippen LogP contribution is 2.36. The predicted octanol–water partition coefficient (Wildman–Crippen LogP) is 4.49. The number of nitrogens with one attached hydrogen (secondary N) is 2. The monoisotopic (exact) mass is 572 g/mol. The normalized spacial score (nSPS) is 19.5. The highest BCUT2D eigenvalue weighted by atomic mass is 127. The molecule has 8 heteroatoms. The number of aromatic nitrogens is 2. The minimum absolute atomic E-state index is 0. The Bertz CT molecular complexity index is 897. The number of nitrogens with zero attached hydrogens (tertiary/aromatic N) is 4. The van der Waals surface area contributed by atoms with Crippen molar-refractivity contribution in [1.29, 1.82) is 0 Å². The van der Waals surface area contributed by atoms with E-state index in [4.69, 9.17) is 16.6 Å². The standard InChI is InChI=1S/C24H37ClN6.HI/c1-6-26-24(27-13-12-22-17(2)29-31(5)18(22)3)28-16-20-10-8-14-30(4)23(20)19-9-7-11-21(25)15-19;/h7,9,11,15,20,23H,6,8,10,12-14,16H2,1-5H3,(H2,26,27,28);1H. The maximum Gasteiger partial charge on any atom is 0.191 e. The third-order valence-corrected chi connectivity index (χ3v) is 6.59. The van der Waals surface area contributed by atoms with Crippen LogP contribution in [-0.4, -0.2) is 53.9 Å². The number of hydrogen-bond donors (Lipinski definition) is 2. The maximum atomic E-state index is 6.29. The average molecular weight is 573 g/mol. The van der Waals surface area contributed by atoms with Gasteiger partial charge in [0.05, 0.1) is 5.69 Å². The molecule has 0 amide bonds. The summed E-state index contributed by atoms with van der Waals surface area (Å²) in [5.74, 6) is 1.36. The van der Waals surface area contributed by atoms with E-state index in [1.807, 2.05) is 17.8 Å². The fourth-order valence-electron chi connectivity index (χ4n) is 4.70. The van der Waals surface area contributed by atoms with E-state index in [9.17, 15) is 0 Å². The zero-order valence-electron chi connectivity index (χ0n) is 20.0. The van der Waals surface area contributed by atoms with Crippen LogP contribution in [0.2, 0.25) is 5.02 Å². The molecule has 32 heavy (non-hydrogen) atoms. The predicted molar refractivity (Wildman–Crippen MR) is 145 cm³/mol. The van der Waals surface area contributed by atoms with E-state index in [1.165, 1.54) is 29.7 Å². The lowest BCUT2D eigenvalue weighted by Gasteiger charge is -2.39. The van der Waals surface area contributed by atoms with Crippen molar-refractivity contribution in [3.63, 3.8) is 0 Å². The molecule has 0 bridgehead atoms. The first-order valence-electron chi connectivity index (χ1n) is 11.4. The number of aryl methyl sites for hydroxylation is 2. The summed E-state index contributed by atoms with van der Waals surface area (Å²) in [5, 5.41) is 12.2. The maximum absolute atomic E-state index is 6.29. The van der Waals surface area contributed by atoms with Gasteiger partial charge in [-0.1, -0.05) is 23.7 Å². The molecular formula is C24H38ClIN6. The first kappa shape index (κ1) is 26.9. The lowest BCUT2D eigenvalue weighted by molar-refractivity contribution is 0.125. The number of guanidine groups is 1. The molecule has 2 atom stereocenters. The first-order chi connectivity index (χ1) is 14.9. The Labute approximate surface area is 215 Å². The van der Waals surface area contributed by atoms with E-state index in [2.05, 4.69) is 66.7 Å². The summed E-state index contributed by atoms with van der Waals surface area (Å²) in [5.41, 5.74) is 4.95. The number of hydrogen-bond acceptors (Lipinski definition) is 3. The summed E-state index contributed by atoms with van der Waals surface area (Å²) in [6.45, 7) is 9.90. The zero-order valence-corrected chi connectivity index (χ0v) is 23.1. The molecular weight excluding hydrogens is 535 g/mol. The molecule has 1 fully saturated rings.